The Morgan fingerprint density at radius 2 is 1.68 bits per heavy atom. The number of hydrogen-bond donors (Lipinski definition) is 1. The van der Waals surface area contributed by atoms with Crippen LogP contribution in [0.5, 0.6) is 11.5 Å². The van der Waals surface area contributed by atoms with Crippen LogP contribution in [0.1, 0.15) is 33.9 Å². The van der Waals surface area contributed by atoms with Gasteiger partial charge in [0, 0.05) is 38.5 Å². The summed E-state index contributed by atoms with van der Waals surface area (Å²) in [4.78, 5) is 30.8. The minimum atomic E-state index is -0.499. The van der Waals surface area contributed by atoms with Crippen LogP contribution < -0.4 is 15.0 Å². The molecule has 0 aliphatic carbocycles. The van der Waals surface area contributed by atoms with Gasteiger partial charge >= 0.3 is 0 Å². The van der Waals surface area contributed by atoms with Gasteiger partial charge in [0.25, 0.3) is 11.5 Å². The number of rotatable bonds is 6. The maximum atomic E-state index is 14.0. The van der Waals surface area contributed by atoms with E-state index in [-0.39, 0.29) is 11.5 Å². The molecule has 1 N–H and O–H groups in total. The maximum Gasteiger partial charge on any atom is 0.274 e. The van der Waals surface area contributed by atoms with E-state index in [4.69, 9.17) is 14.6 Å². The van der Waals surface area contributed by atoms with E-state index in [1.165, 1.54) is 5.01 Å². The summed E-state index contributed by atoms with van der Waals surface area (Å²) in [7, 11) is 3.16. The number of H-pyrrole nitrogens is 1. The average molecular weight is 608 g/mol. The molecule has 41 heavy (non-hydrogen) atoms. The molecule has 1 aliphatic heterocycles. The third-order valence-corrected chi connectivity index (χ3v) is 7.75. The first-order valence-corrected chi connectivity index (χ1v) is 13.9. The van der Waals surface area contributed by atoms with Crippen LogP contribution in [0.4, 0.5) is 0 Å². The second-order valence-electron chi connectivity index (χ2n) is 9.65. The van der Waals surface area contributed by atoms with Crippen LogP contribution in [0.25, 0.3) is 22.0 Å². The van der Waals surface area contributed by atoms with Crippen LogP contribution in [0.3, 0.4) is 0 Å². The highest BCUT2D eigenvalue weighted by Crippen LogP contribution is 2.40. The highest BCUT2D eigenvalue weighted by atomic mass is 79.9. The number of ether oxygens (including phenoxy) is 2. The predicted molar refractivity (Wildman–Crippen MR) is 164 cm³/mol. The van der Waals surface area contributed by atoms with Gasteiger partial charge in [-0.3, -0.25) is 9.59 Å². The maximum absolute atomic E-state index is 14.0. The van der Waals surface area contributed by atoms with Gasteiger partial charge < -0.3 is 14.5 Å². The average Bonchev–Trinajstić information content (AvgIpc) is 3.45. The fourth-order valence-corrected chi connectivity index (χ4v) is 5.73. The monoisotopic (exact) mass is 607 g/mol. The normalized spacial score (nSPS) is 14.7. The molecule has 1 amide bonds. The molecule has 1 aromatic heterocycles. The second kappa shape index (κ2) is 11.1. The standard InChI is InChI=1S/C33H26BrN3O4/c1-40-23-12-8-11-21(17-23)33(39)37-28(24-13-6-7-14-29(24)41-2)19-27(36-37)31-30(20-9-4-3-5-10-20)25-18-22(34)15-16-26(25)35-32(31)38/h3-18,28H,19H2,1-2H3,(H,35,38)/t28-/m1/s1. The number of para-hydroxylation sites is 1. The molecule has 1 atom stereocenters. The van der Waals surface area contributed by atoms with Crippen LogP contribution in [0.2, 0.25) is 0 Å². The van der Waals surface area contributed by atoms with Gasteiger partial charge in [0.05, 0.1) is 31.5 Å². The number of halogens is 1. The first-order valence-electron chi connectivity index (χ1n) is 13.1. The highest BCUT2D eigenvalue weighted by molar-refractivity contribution is 9.10. The van der Waals surface area contributed by atoms with Crippen LogP contribution in [0, 0.1) is 0 Å². The lowest BCUT2D eigenvalue weighted by Crippen LogP contribution is -2.27. The van der Waals surface area contributed by atoms with Crippen molar-refractivity contribution in [1.82, 2.24) is 9.99 Å². The molecule has 2 heterocycles. The van der Waals surface area contributed by atoms with Crippen LogP contribution in [-0.4, -0.2) is 35.8 Å². The Labute approximate surface area is 245 Å². The van der Waals surface area contributed by atoms with Gasteiger partial charge in [0.15, 0.2) is 0 Å². The predicted octanol–water partition coefficient (Wildman–Crippen LogP) is 6.97. The summed E-state index contributed by atoms with van der Waals surface area (Å²) in [6.45, 7) is 0. The number of amides is 1. The van der Waals surface area contributed by atoms with E-state index in [0.717, 1.165) is 26.5 Å². The quantitative estimate of drug-likeness (QED) is 0.226. The van der Waals surface area contributed by atoms with Crippen molar-refractivity contribution < 1.29 is 14.3 Å². The van der Waals surface area contributed by atoms with Crippen LogP contribution >= 0.6 is 15.9 Å². The number of methoxy groups -OCH3 is 2. The van der Waals surface area contributed by atoms with Gasteiger partial charge in [-0.25, -0.2) is 5.01 Å². The first kappa shape index (κ1) is 26.5. The lowest BCUT2D eigenvalue weighted by atomic mass is 9.91. The molecule has 7 nitrogen and oxygen atoms in total. The van der Waals surface area contributed by atoms with E-state index in [2.05, 4.69) is 20.9 Å². The minimum absolute atomic E-state index is 0.271. The fraction of sp³-hybridized carbons (Fsp3) is 0.121. The number of benzene rings is 4. The van der Waals surface area contributed by atoms with Gasteiger partial charge in [-0.1, -0.05) is 70.5 Å². The molecule has 0 fully saturated rings. The van der Waals surface area contributed by atoms with Gasteiger partial charge in [0.2, 0.25) is 0 Å². The van der Waals surface area contributed by atoms with E-state index >= 15 is 0 Å². The zero-order chi connectivity index (χ0) is 28.5. The SMILES string of the molecule is COc1cccc(C(=O)N2N=C(c3c(-c4ccccc4)c4cc(Br)ccc4[nH]c3=O)C[C@@H]2c2ccccc2OC)c1. The number of fused-ring (bicyclic) bond motifs is 1. The Balaban J connectivity index is 1.58. The summed E-state index contributed by atoms with van der Waals surface area (Å²) in [6.07, 6.45) is 0.318. The molecule has 0 unspecified atom stereocenters. The molecule has 0 bridgehead atoms. The Kier molecular flexibility index (Phi) is 7.15. The van der Waals surface area contributed by atoms with E-state index in [0.29, 0.717) is 40.3 Å². The molecule has 0 saturated heterocycles. The summed E-state index contributed by atoms with van der Waals surface area (Å²) in [5, 5.41) is 7.20. The molecule has 1 aliphatic rings. The summed E-state index contributed by atoms with van der Waals surface area (Å²) < 4.78 is 11.9. The third kappa shape index (κ3) is 4.91. The summed E-state index contributed by atoms with van der Waals surface area (Å²) in [6, 6.07) is 29.6. The Morgan fingerprint density at radius 1 is 0.902 bits per heavy atom. The van der Waals surface area contributed by atoms with E-state index in [1.807, 2.05) is 72.8 Å². The van der Waals surface area contributed by atoms with Crippen LogP contribution in [0.15, 0.2) is 111 Å². The fourth-order valence-electron chi connectivity index (χ4n) is 5.37. The molecule has 6 rings (SSSR count). The summed E-state index contributed by atoms with van der Waals surface area (Å²) in [5.41, 5.74) is 4.25. The zero-order valence-electron chi connectivity index (χ0n) is 22.4. The largest absolute Gasteiger partial charge is 0.497 e. The number of aromatic amines is 1. The molecule has 204 valence electrons. The number of aromatic nitrogens is 1. The molecule has 0 spiro atoms. The smallest absolute Gasteiger partial charge is 0.274 e. The van der Waals surface area contributed by atoms with Crippen molar-refractivity contribution in [2.45, 2.75) is 12.5 Å². The van der Waals surface area contributed by atoms with Gasteiger partial charge in [-0.2, -0.15) is 5.10 Å². The summed E-state index contributed by atoms with van der Waals surface area (Å²) >= 11 is 3.59. The summed E-state index contributed by atoms with van der Waals surface area (Å²) in [5.74, 6) is 0.893. The Morgan fingerprint density at radius 3 is 2.46 bits per heavy atom. The number of hydrogen-bond acceptors (Lipinski definition) is 5. The van der Waals surface area contributed by atoms with Crippen molar-refractivity contribution in [3.8, 4) is 22.6 Å². The number of carbonyl (C=O) groups is 1. The lowest BCUT2D eigenvalue weighted by molar-refractivity contribution is 0.0709. The van der Waals surface area contributed by atoms with Crippen molar-refractivity contribution in [1.29, 1.82) is 0 Å². The van der Waals surface area contributed by atoms with Gasteiger partial charge in [-0.15, -0.1) is 0 Å². The number of pyridine rings is 1. The number of nitrogens with zero attached hydrogens (tertiary/aromatic N) is 2. The van der Waals surface area contributed by atoms with Crippen molar-refractivity contribution in [3.05, 3.63) is 129 Å². The number of carbonyl (C=O) groups excluding carboxylic acids is 1. The molecule has 8 heteroatoms. The molecule has 0 radical (unpaired) electrons. The molecule has 4 aromatic carbocycles. The lowest BCUT2D eigenvalue weighted by Gasteiger charge is -2.23. The number of nitrogens with one attached hydrogen (secondary N) is 1. The minimum Gasteiger partial charge on any atom is -0.497 e. The van der Waals surface area contributed by atoms with Crippen molar-refractivity contribution in [2.75, 3.05) is 14.2 Å². The van der Waals surface area contributed by atoms with Crippen molar-refractivity contribution in [2.24, 2.45) is 5.10 Å². The van der Waals surface area contributed by atoms with Crippen LogP contribution in [-0.2, 0) is 0 Å². The van der Waals surface area contributed by atoms with Crippen molar-refractivity contribution >= 4 is 38.5 Å². The van der Waals surface area contributed by atoms with E-state index < -0.39 is 6.04 Å². The molecule has 0 saturated carbocycles. The van der Waals surface area contributed by atoms with Gasteiger partial charge in [0.1, 0.15) is 11.5 Å². The molecular weight excluding hydrogens is 582 g/mol. The first-order chi connectivity index (χ1) is 20.0. The van der Waals surface area contributed by atoms with E-state index in [1.54, 1.807) is 38.5 Å². The molecular formula is C33H26BrN3O4. The third-order valence-electron chi connectivity index (χ3n) is 7.26. The van der Waals surface area contributed by atoms with Crippen molar-refractivity contribution in [3.63, 3.8) is 0 Å². The second-order valence-corrected chi connectivity index (χ2v) is 10.6. The zero-order valence-corrected chi connectivity index (χ0v) is 24.0. The van der Waals surface area contributed by atoms with E-state index in [9.17, 15) is 9.59 Å². The highest BCUT2D eigenvalue weighted by Gasteiger charge is 2.37. The number of hydrazone groups is 1. The Bertz CT molecular complexity index is 1870. The molecule has 5 aromatic rings. The topological polar surface area (TPSA) is 84.0 Å². The Hall–Kier alpha value is -4.69. The van der Waals surface area contributed by atoms with Gasteiger partial charge in [-0.05, 0) is 48.0 Å².